The third-order valence-electron chi connectivity index (χ3n) is 5.61. The third-order valence-corrected chi connectivity index (χ3v) is 5.61. The molecule has 0 aromatic heterocycles. The van der Waals surface area contributed by atoms with Crippen LogP contribution in [0.2, 0.25) is 0 Å². The summed E-state index contributed by atoms with van der Waals surface area (Å²) in [6.07, 6.45) is 4.16. The molecule has 3 amide bonds. The van der Waals surface area contributed by atoms with Crippen molar-refractivity contribution in [3.05, 3.63) is 29.3 Å². The predicted molar refractivity (Wildman–Crippen MR) is 94.4 cm³/mol. The molecule has 1 unspecified atom stereocenters. The number of amides is 3. The molecule has 4 rings (SSSR count). The lowest BCUT2D eigenvalue weighted by atomic mass is 9.92. The Bertz CT molecular complexity index is 763. The van der Waals surface area contributed by atoms with Crippen molar-refractivity contribution >= 4 is 23.4 Å². The van der Waals surface area contributed by atoms with Gasteiger partial charge in [0.05, 0.1) is 12.1 Å². The molecule has 3 N–H and O–H groups in total. The molecular weight excluding hydrogens is 334 g/mol. The number of carbonyl (C=O) groups excluding carboxylic acids is 3. The van der Waals surface area contributed by atoms with E-state index in [0.29, 0.717) is 18.5 Å². The first kappa shape index (κ1) is 17.0. The SMILES string of the molecule is O=C1CCC(N2Cc3cc(N[C@@H]4CCCC[C@@H]4O)ccc3C2=O)C(=O)N1. The zero-order chi connectivity index (χ0) is 18.3. The highest BCUT2D eigenvalue weighted by molar-refractivity contribution is 6.05. The Morgan fingerprint density at radius 1 is 1.12 bits per heavy atom. The van der Waals surface area contributed by atoms with Crippen LogP contribution in [0.3, 0.4) is 0 Å². The van der Waals surface area contributed by atoms with Crippen LogP contribution in [-0.2, 0) is 16.1 Å². The van der Waals surface area contributed by atoms with Crippen molar-refractivity contribution in [3.63, 3.8) is 0 Å². The van der Waals surface area contributed by atoms with Crippen LogP contribution in [0.1, 0.15) is 54.4 Å². The van der Waals surface area contributed by atoms with E-state index in [0.717, 1.165) is 36.9 Å². The fraction of sp³-hybridized carbons (Fsp3) is 0.526. The lowest BCUT2D eigenvalue weighted by Gasteiger charge is -2.29. The average molecular weight is 357 g/mol. The number of hydrogen-bond donors (Lipinski definition) is 3. The molecule has 1 saturated heterocycles. The largest absolute Gasteiger partial charge is 0.391 e. The van der Waals surface area contributed by atoms with Gasteiger partial charge in [-0.25, -0.2) is 0 Å². The van der Waals surface area contributed by atoms with Gasteiger partial charge in [-0.1, -0.05) is 12.8 Å². The van der Waals surface area contributed by atoms with Crippen LogP contribution in [0.25, 0.3) is 0 Å². The van der Waals surface area contributed by atoms with E-state index < -0.39 is 11.9 Å². The summed E-state index contributed by atoms with van der Waals surface area (Å²) < 4.78 is 0. The number of benzene rings is 1. The molecule has 2 aliphatic heterocycles. The Morgan fingerprint density at radius 2 is 1.92 bits per heavy atom. The number of anilines is 1. The summed E-state index contributed by atoms with van der Waals surface area (Å²) in [6.45, 7) is 0.364. The minimum absolute atomic E-state index is 0.0325. The van der Waals surface area contributed by atoms with Crippen LogP contribution in [0, 0.1) is 0 Å². The van der Waals surface area contributed by atoms with Crippen LogP contribution < -0.4 is 10.6 Å². The number of piperidine rings is 1. The normalized spacial score (nSPS) is 28.7. The number of fused-ring (bicyclic) bond motifs is 1. The summed E-state index contributed by atoms with van der Waals surface area (Å²) in [7, 11) is 0. The second-order valence-corrected chi connectivity index (χ2v) is 7.37. The van der Waals surface area contributed by atoms with Gasteiger partial charge in [-0.2, -0.15) is 0 Å². The molecule has 2 fully saturated rings. The summed E-state index contributed by atoms with van der Waals surface area (Å²) >= 11 is 0. The molecule has 3 aliphatic rings. The van der Waals surface area contributed by atoms with Crippen LogP contribution >= 0.6 is 0 Å². The fourth-order valence-corrected chi connectivity index (χ4v) is 4.16. The lowest BCUT2D eigenvalue weighted by molar-refractivity contribution is -0.136. The van der Waals surface area contributed by atoms with E-state index in [1.807, 2.05) is 12.1 Å². The average Bonchev–Trinajstić information content (AvgIpc) is 2.93. The highest BCUT2D eigenvalue weighted by Gasteiger charge is 2.39. The molecule has 0 spiro atoms. The summed E-state index contributed by atoms with van der Waals surface area (Å²) in [4.78, 5) is 37.6. The van der Waals surface area contributed by atoms with Gasteiger partial charge in [0, 0.05) is 24.2 Å². The Labute approximate surface area is 151 Å². The van der Waals surface area contributed by atoms with Crippen molar-refractivity contribution in [2.24, 2.45) is 0 Å². The first-order valence-corrected chi connectivity index (χ1v) is 9.25. The Hall–Kier alpha value is -2.41. The van der Waals surface area contributed by atoms with Gasteiger partial charge in [-0.15, -0.1) is 0 Å². The Balaban J connectivity index is 1.49. The molecule has 0 radical (unpaired) electrons. The third kappa shape index (κ3) is 3.07. The molecular formula is C19H23N3O4. The number of nitrogens with zero attached hydrogens (tertiary/aromatic N) is 1. The second kappa shape index (κ2) is 6.72. The molecule has 3 atom stereocenters. The molecule has 7 heteroatoms. The first-order chi connectivity index (χ1) is 12.5. The number of aliphatic hydroxyl groups is 1. The van der Waals surface area contributed by atoms with E-state index in [-0.39, 0.29) is 30.4 Å². The molecule has 2 heterocycles. The topological polar surface area (TPSA) is 98.7 Å². The van der Waals surface area contributed by atoms with Gasteiger partial charge in [-0.3, -0.25) is 19.7 Å². The van der Waals surface area contributed by atoms with Crippen molar-refractivity contribution < 1.29 is 19.5 Å². The molecule has 1 aromatic rings. The Kier molecular flexibility index (Phi) is 4.40. The molecule has 1 saturated carbocycles. The van der Waals surface area contributed by atoms with Crippen molar-refractivity contribution in [1.82, 2.24) is 10.2 Å². The number of imide groups is 1. The van der Waals surface area contributed by atoms with Gasteiger partial charge in [0.25, 0.3) is 5.91 Å². The molecule has 26 heavy (non-hydrogen) atoms. The highest BCUT2D eigenvalue weighted by atomic mass is 16.3. The monoisotopic (exact) mass is 357 g/mol. The molecule has 1 aliphatic carbocycles. The highest BCUT2D eigenvalue weighted by Crippen LogP contribution is 2.30. The molecule has 0 bridgehead atoms. The molecule has 138 valence electrons. The predicted octanol–water partition coefficient (Wildman–Crippen LogP) is 1.16. The summed E-state index contributed by atoms with van der Waals surface area (Å²) in [5.74, 6) is -0.849. The number of aliphatic hydroxyl groups excluding tert-OH is 1. The standard InChI is InChI=1S/C19H23N3O4/c23-16-4-2-1-3-14(16)20-12-5-6-13-11(9-12)10-22(19(13)26)15-7-8-17(24)21-18(15)25/h5-6,9,14-16,20,23H,1-4,7-8,10H2,(H,21,24,25)/t14-,15?,16+/m1/s1. The zero-order valence-electron chi connectivity index (χ0n) is 14.5. The van der Waals surface area contributed by atoms with E-state index in [4.69, 9.17) is 0 Å². The quantitative estimate of drug-likeness (QED) is 0.705. The van der Waals surface area contributed by atoms with E-state index in [1.165, 1.54) is 0 Å². The van der Waals surface area contributed by atoms with Crippen molar-refractivity contribution in [1.29, 1.82) is 0 Å². The van der Waals surface area contributed by atoms with Crippen LogP contribution in [0.5, 0.6) is 0 Å². The van der Waals surface area contributed by atoms with E-state index >= 15 is 0 Å². The second-order valence-electron chi connectivity index (χ2n) is 7.37. The zero-order valence-corrected chi connectivity index (χ0v) is 14.5. The van der Waals surface area contributed by atoms with Gasteiger partial charge in [0.15, 0.2) is 0 Å². The van der Waals surface area contributed by atoms with Crippen molar-refractivity contribution in [3.8, 4) is 0 Å². The maximum atomic E-state index is 12.7. The van der Waals surface area contributed by atoms with Crippen molar-refractivity contribution in [2.75, 3.05) is 5.32 Å². The van der Waals surface area contributed by atoms with E-state index in [2.05, 4.69) is 10.6 Å². The lowest BCUT2D eigenvalue weighted by Crippen LogP contribution is -2.52. The fourth-order valence-electron chi connectivity index (χ4n) is 4.16. The van der Waals surface area contributed by atoms with E-state index in [1.54, 1.807) is 11.0 Å². The Morgan fingerprint density at radius 3 is 2.69 bits per heavy atom. The number of carbonyl (C=O) groups is 3. The summed E-state index contributed by atoms with van der Waals surface area (Å²) in [5.41, 5.74) is 2.35. The summed E-state index contributed by atoms with van der Waals surface area (Å²) in [6, 6.07) is 5.00. The number of hydrogen-bond acceptors (Lipinski definition) is 5. The number of rotatable bonds is 3. The van der Waals surface area contributed by atoms with Crippen LogP contribution in [-0.4, -0.2) is 45.9 Å². The maximum absolute atomic E-state index is 12.7. The minimum Gasteiger partial charge on any atom is -0.391 e. The molecule has 7 nitrogen and oxygen atoms in total. The van der Waals surface area contributed by atoms with Crippen LogP contribution in [0.4, 0.5) is 5.69 Å². The maximum Gasteiger partial charge on any atom is 0.255 e. The van der Waals surface area contributed by atoms with Gasteiger partial charge < -0.3 is 15.3 Å². The first-order valence-electron chi connectivity index (χ1n) is 9.25. The van der Waals surface area contributed by atoms with Gasteiger partial charge >= 0.3 is 0 Å². The van der Waals surface area contributed by atoms with Crippen LogP contribution in [0.15, 0.2) is 18.2 Å². The van der Waals surface area contributed by atoms with Gasteiger partial charge in [0.1, 0.15) is 6.04 Å². The van der Waals surface area contributed by atoms with E-state index in [9.17, 15) is 19.5 Å². The summed E-state index contributed by atoms with van der Waals surface area (Å²) in [5, 5.41) is 15.8. The smallest absolute Gasteiger partial charge is 0.255 e. The van der Waals surface area contributed by atoms with Gasteiger partial charge in [0.2, 0.25) is 11.8 Å². The molecule has 1 aromatic carbocycles. The van der Waals surface area contributed by atoms with Gasteiger partial charge in [-0.05, 0) is 43.0 Å². The number of nitrogens with one attached hydrogen (secondary N) is 2. The van der Waals surface area contributed by atoms with Crippen molar-refractivity contribution in [2.45, 2.75) is 63.3 Å². The minimum atomic E-state index is -0.593.